The Kier molecular flexibility index (Phi) is 5.12. The molecule has 8 heteroatoms. The molecule has 154 valence electrons. The van der Waals surface area contributed by atoms with Crippen LogP contribution in [0, 0.1) is 5.41 Å². The molecule has 3 N–H and O–H groups in total. The van der Waals surface area contributed by atoms with Crippen molar-refractivity contribution in [2.75, 3.05) is 31.6 Å². The van der Waals surface area contributed by atoms with E-state index in [-0.39, 0.29) is 5.56 Å². The van der Waals surface area contributed by atoms with E-state index in [9.17, 15) is 8.78 Å². The number of aryl methyl sites for hydroxylation is 2. The van der Waals surface area contributed by atoms with Crippen LogP contribution in [0.2, 0.25) is 0 Å². The van der Waals surface area contributed by atoms with Crippen LogP contribution in [0.5, 0.6) is 0 Å². The highest BCUT2D eigenvalue weighted by Crippen LogP contribution is 2.39. The van der Waals surface area contributed by atoms with E-state index in [0.717, 1.165) is 42.6 Å². The molecule has 2 aromatic rings. The van der Waals surface area contributed by atoms with Gasteiger partial charge in [0.05, 0.1) is 6.20 Å². The highest BCUT2D eigenvalue weighted by Gasteiger charge is 2.28. The molecule has 0 atom stereocenters. The molecule has 0 saturated heterocycles. The fourth-order valence-corrected chi connectivity index (χ4v) is 4.17. The van der Waals surface area contributed by atoms with Crippen LogP contribution in [0.1, 0.15) is 30.4 Å². The first-order chi connectivity index (χ1) is 13.8. The van der Waals surface area contributed by atoms with Crippen LogP contribution in [0.15, 0.2) is 35.8 Å². The van der Waals surface area contributed by atoms with Gasteiger partial charge < -0.3 is 15.5 Å². The van der Waals surface area contributed by atoms with Crippen molar-refractivity contribution in [2.24, 2.45) is 12.8 Å². The molecule has 29 heavy (non-hydrogen) atoms. The van der Waals surface area contributed by atoms with Gasteiger partial charge in [-0.05, 0) is 43.1 Å². The van der Waals surface area contributed by atoms with Crippen LogP contribution in [0.4, 0.5) is 14.5 Å². The number of fused-ring (bicyclic) bond motifs is 1. The maximum Gasteiger partial charge on any atom is 0.264 e. The highest BCUT2D eigenvalue weighted by molar-refractivity contribution is 6.09. The fourth-order valence-electron chi connectivity index (χ4n) is 4.17. The first-order valence-electron chi connectivity index (χ1n) is 9.81. The number of benzene rings is 1. The Hall–Kier alpha value is -2.74. The van der Waals surface area contributed by atoms with Crippen LogP contribution in [0.25, 0.3) is 11.1 Å². The lowest BCUT2D eigenvalue weighted by atomic mass is 9.92. The van der Waals surface area contributed by atoms with Crippen molar-refractivity contribution in [3.05, 3.63) is 46.9 Å². The minimum absolute atomic E-state index is 0.0286. The number of amidine groups is 1. The topological polar surface area (TPSA) is 74.2 Å². The molecule has 2 aliphatic heterocycles. The number of alkyl halides is 2. The van der Waals surface area contributed by atoms with Gasteiger partial charge in [0, 0.05) is 67.4 Å². The van der Waals surface area contributed by atoms with Crippen molar-refractivity contribution in [3.8, 4) is 11.1 Å². The summed E-state index contributed by atoms with van der Waals surface area (Å²) in [6, 6.07) is 3.40. The van der Waals surface area contributed by atoms with Crippen molar-refractivity contribution in [1.29, 1.82) is 5.41 Å². The molecule has 0 fully saturated rings. The first-order valence-corrected chi connectivity index (χ1v) is 9.81. The Balaban J connectivity index is 1.77. The number of hydrogen-bond donors (Lipinski definition) is 2. The lowest BCUT2D eigenvalue weighted by Crippen LogP contribution is -2.42. The summed E-state index contributed by atoms with van der Waals surface area (Å²) in [4.78, 5) is 3.97. The van der Waals surface area contributed by atoms with Gasteiger partial charge in [0.2, 0.25) is 0 Å². The summed E-state index contributed by atoms with van der Waals surface area (Å²) in [5, 5.41) is 12.9. The second-order valence-corrected chi connectivity index (χ2v) is 7.87. The van der Waals surface area contributed by atoms with Crippen LogP contribution in [0.3, 0.4) is 0 Å². The fraction of sp³-hybridized carbons (Fsp3) is 0.429. The van der Waals surface area contributed by atoms with Crippen molar-refractivity contribution in [3.63, 3.8) is 0 Å². The summed E-state index contributed by atoms with van der Waals surface area (Å²) in [7, 11) is 3.77. The Morgan fingerprint density at radius 1 is 1.21 bits per heavy atom. The van der Waals surface area contributed by atoms with E-state index >= 15 is 0 Å². The third kappa shape index (κ3) is 3.64. The van der Waals surface area contributed by atoms with Gasteiger partial charge in [-0.2, -0.15) is 5.10 Å². The Morgan fingerprint density at radius 2 is 2.00 bits per heavy atom. The monoisotopic (exact) mass is 400 g/mol. The zero-order valence-corrected chi connectivity index (χ0v) is 16.8. The quantitative estimate of drug-likeness (QED) is 0.612. The summed E-state index contributed by atoms with van der Waals surface area (Å²) in [5.41, 5.74) is 10.6. The van der Waals surface area contributed by atoms with Gasteiger partial charge in [-0.3, -0.25) is 10.1 Å². The first kappa shape index (κ1) is 19.6. The second-order valence-electron chi connectivity index (χ2n) is 7.87. The molecule has 0 unspecified atom stereocenters. The Labute approximate surface area is 169 Å². The Bertz CT molecular complexity index is 978. The van der Waals surface area contributed by atoms with Gasteiger partial charge in [0.25, 0.3) is 6.43 Å². The van der Waals surface area contributed by atoms with Crippen LogP contribution in [-0.4, -0.2) is 47.2 Å². The molecule has 6 nitrogen and oxygen atoms in total. The Morgan fingerprint density at radius 3 is 2.69 bits per heavy atom. The highest BCUT2D eigenvalue weighted by atomic mass is 19.3. The molecule has 1 aromatic heterocycles. The number of nitrogens with two attached hydrogens (primary N) is 1. The van der Waals surface area contributed by atoms with E-state index in [0.29, 0.717) is 35.7 Å². The van der Waals surface area contributed by atoms with Crippen molar-refractivity contribution in [1.82, 2.24) is 14.7 Å². The number of likely N-dealkylation sites (N-methyl/N-ethyl adjacent to an activating group) is 1. The van der Waals surface area contributed by atoms with E-state index < -0.39 is 6.43 Å². The maximum absolute atomic E-state index is 14.0. The third-order valence-electron chi connectivity index (χ3n) is 5.75. The average Bonchev–Trinajstić information content (AvgIpc) is 3.14. The van der Waals surface area contributed by atoms with Crippen molar-refractivity contribution >= 4 is 11.5 Å². The number of nitrogens with one attached hydrogen (secondary N) is 1. The van der Waals surface area contributed by atoms with Crippen LogP contribution in [-0.2, 0) is 13.5 Å². The zero-order chi connectivity index (χ0) is 20.7. The summed E-state index contributed by atoms with van der Waals surface area (Å²) < 4.78 is 29.5. The average molecular weight is 400 g/mol. The van der Waals surface area contributed by atoms with E-state index in [4.69, 9.17) is 11.1 Å². The molecule has 1 aromatic carbocycles. The summed E-state index contributed by atoms with van der Waals surface area (Å²) >= 11 is 0. The summed E-state index contributed by atoms with van der Waals surface area (Å²) in [6.45, 7) is 2.09. The standard InChI is InChI=1S/C21H26F2N6/c1-27-7-5-18(24)17(12-27)21(25)29-6-3-4-13-8-15(14-10-26-28(2)11-14)16(20(22)23)9-19(13)29/h8-11,20,25H,3-7,12,24H2,1-2H3. The molecule has 0 bridgehead atoms. The lowest BCUT2D eigenvalue weighted by Gasteiger charge is -2.36. The second kappa shape index (κ2) is 7.59. The molecule has 0 radical (unpaired) electrons. The SMILES string of the molecule is CN1CCC(N)=C(C(=N)N2CCCc3cc(-c4cnn(C)c4)c(C(F)F)cc32)C1. The molecular weight excluding hydrogens is 374 g/mol. The number of hydrogen-bond acceptors (Lipinski definition) is 4. The lowest BCUT2D eigenvalue weighted by molar-refractivity contribution is 0.152. The van der Waals surface area contributed by atoms with Gasteiger partial charge in [-0.25, -0.2) is 8.78 Å². The summed E-state index contributed by atoms with van der Waals surface area (Å²) in [6.07, 6.45) is 3.12. The normalized spacial score (nSPS) is 17.8. The molecule has 2 aliphatic rings. The molecule has 0 amide bonds. The summed E-state index contributed by atoms with van der Waals surface area (Å²) in [5.74, 6) is 0.323. The minimum Gasteiger partial charge on any atom is -0.402 e. The van der Waals surface area contributed by atoms with E-state index in [2.05, 4.69) is 10.00 Å². The molecule has 0 aliphatic carbocycles. The minimum atomic E-state index is -2.61. The number of rotatable bonds is 3. The van der Waals surface area contributed by atoms with Crippen LogP contribution >= 0.6 is 0 Å². The zero-order valence-electron chi connectivity index (χ0n) is 16.8. The van der Waals surface area contributed by atoms with Gasteiger partial charge in [0.15, 0.2) is 0 Å². The van der Waals surface area contributed by atoms with E-state index in [1.165, 1.54) is 0 Å². The van der Waals surface area contributed by atoms with Crippen molar-refractivity contribution in [2.45, 2.75) is 25.7 Å². The predicted molar refractivity (Wildman–Crippen MR) is 110 cm³/mol. The molecule has 4 rings (SSSR count). The van der Waals surface area contributed by atoms with Crippen LogP contribution < -0.4 is 10.6 Å². The number of halogens is 2. The smallest absolute Gasteiger partial charge is 0.264 e. The van der Waals surface area contributed by atoms with Gasteiger partial charge in [0.1, 0.15) is 5.84 Å². The maximum atomic E-state index is 14.0. The molecule has 0 saturated carbocycles. The number of aromatic nitrogens is 2. The number of nitrogens with zero attached hydrogens (tertiary/aromatic N) is 4. The third-order valence-corrected chi connectivity index (χ3v) is 5.75. The largest absolute Gasteiger partial charge is 0.402 e. The van der Waals surface area contributed by atoms with Gasteiger partial charge >= 0.3 is 0 Å². The molecule has 0 spiro atoms. The van der Waals surface area contributed by atoms with Crippen molar-refractivity contribution < 1.29 is 8.78 Å². The number of anilines is 1. The predicted octanol–water partition coefficient (Wildman–Crippen LogP) is 3.30. The molecular formula is C21H26F2N6. The van der Waals surface area contributed by atoms with Gasteiger partial charge in [-0.1, -0.05) is 0 Å². The van der Waals surface area contributed by atoms with E-state index in [1.807, 2.05) is 18.0 Å². The van der Waals surface area contributed by atoms with Gasteiger partial charge in [-0.15, -0.1) is 0 Å². The van der Waals surface area contributed by atoms with E-state index in [1.54, 1.807) is 30.2 Å². The molecule has 3 heterocycles.